The predicted octanol–water partition coefficient (Wildman–Crippen LogP) is 4.50. The molecule has 3 atom stereocenters. The summed E-state index contributed by atoms with van der Waals surface area (Å²) < 4.78 is 0. The molecule has 132 valence electrons. The van der Waals surface area contributed by atoms with Crippen LogP contribution in [0.15, 0.2) is 30.4 Å². The first-order chi connectivity index (χ1) is 11.6. The number of benzene rings is 1. The zero-order chi connectivity index (χ0) is 17.0. The number of aryl methyl sites for hydroxylation is 1. The molecular weight excluding hydrogens is 294 g/mol. The number of nitrogens with two attached hydrogens (primary N) is 1. The molecule has 0 aliphatic heterocycles. The molecule has 0 bridgehead atoms. The van der Waals surface area contributed by atoms with E-state index in [9.17, 15) is 5.11 Å². The highest BCUT2D eigenvalue weighted by atomic mass is 16.3. The lowest BCUT2D eigenvalue weighted by Gasteiger charge is -2.25. The molecule has 1 saturated carbocycles. The number of hydrogen-bond donors (Lipinski definition) is 2. The topological polar surface area (TPSA) is 46.2 Å². The van der Waals surface area contributed by atoms with Gasteiger partial charge in [-0.3, -0.25) is 0 Å². The Morgan fingerprint density at radius 1 is 1.25 bits per heavy atom. The maximum absolute atomic E-state index is 9.49. The van der Waals surface area contributed by atoms with Crippen molar-refractivity contribution >= 4 is 0 Å². The minimum atomic E-state index is -0.351. The lowest BCUT2D eigenvalue weighted by Crippen LogP contribution is -2.40. The quantitative estimate of drug-likeness (QED) is 0.756. The second-order valence-electron chi connectivity index (χ2n) is 8.09. The molecule has 3 N–H and O–H groups in total. The van der Waals surface area contributed by atoms with Crippen LogP contribution in [0.2, 0.25) is 0 Å². The van der Waals surface area contributed by atoms with Crippen molar-refractivity contribution in [2.24, 2.45) is 11.7 Å². The third kappa shape index (κ3) is 4.10. The van der Waals surface area contributed by atoms with Gasteiger partial charge >= 0.3 is 0 Å². The highest BCUT2D eigenvalue weighted by molar-refractivity contribution is 5.36. The van der Waals surface area contributed by atoms with Crippen molar-refractivity contribution in [1.29, 1.82) is 0 Å². The van der Waals surface area contributed by atoms with Gasteiger partial charge < -0.3 is 10.8 Å². The Balaban J connectivity index is 1.62. The summed E-state index contributed by atoms with van der Waals surface area (Å²) >= 11 is 0. The summed E-state index contributed by atoms with van der Waals surface area (Å²) in [7, 11) is 0. The van der Waals surface area contributed by atoms with Crippen LogP contribution < -0.4 is 5.73 Å². The van der Waals surface area contributed by atoms with Crippen molar-refractivity contribution in [2.75, 3.05) is 6.61 Å². The van der Waals surface area contributed by atoms with Crippen LogP contribution >= 0.6 is 0 Å². The average molecular weight is 328 g/mol. The Bertz CT molecular complexity index is 579. The molecule has 2 aliphatic rings. The molecule has 0 saturated heterocycles. The molecule has 0 unspecified atom stereocenters. The summed E-state index contributed by atoms with van der Waals surface area (Å²) in [5.74, 6) is 1.34. The summed E-state index contributed by atoms with van der Waals surface area (Å²) in [6.45, 7) is 2.35. The molecule has 3 rings (SSSR count). The minimum Gasteiger partial charge on any atom is -0.394 e. The van der Waals surface area contributed by atoms with Gasteiger partial charge in [-0.1, -0.05) is 43.7 Å². The highest BCUT2D eigenvalue weighted by Crippen LogP contribution is 2.40. The maximum atomic E-state index is 9.49. The lowest BCUT2D eigenvalue weighted by atomic mass is 9.80. The molecule has 0 amide bonds. The Kier molecular flexibility index (Phi) is 5.78. The fraction of sp³-hybridized carbons (Fsp3) is 0.636. The SMILES string of the molecule is CCC/C=C\C[C@H]1CCc2cc([C@H]3CC[C@](N)(CO)C3)ccc2C1. The van der Waals surface area contributed by atoms with E-state index in [1.807, 2.05) is 0 Å². The zero-order valence-electron chi connectivity index (χ0n) is 15.1. The van der Waals surface area contributed by atoms with E-state index in [1.54, 1.807) is 11.1 Å². The fourth-order valence-electron chi connectivity index (χ4n) is 4.46. The van der Waals surface area contributed by atoms with E-state index in [0.29, 0.717) is 5.92 Å². The number of fused-ring (bicyclic) bond motifs is 1. The summed E-state index contributed by atoms with van der Waals surface area (Å²) in [5, 5.41) is 9.49. The van der Waals surface area contributed by atoms with Crippen LogP contribution in [0.5, 0.6) is 0 Å². The Hall–Kier alpha value is -1.12. The maximum Gasteiger partial charge on any atom is 0.0611 e. The van der Waals surface area contributed by atoms with Gasteiger partial charge in [0.15, 0.2) is 0 Å². The second kappa shape index (κ2) is 7.84. The minimum absolute atomic E-state index is 0.113. The van der Waals surface area contributed by atoms with Gasteiger partial charge in [-0.05, 0) is 79.9 Å². The highest BCUT2D eigenvalue weighted by Gasteiger charge is 2.36. The molecule has 1 aromatic rings. The van der Waals surface area contributed by atoms with Gasteiger partial charge in [-0.15, -0.1) is 0 Å². The van der Waals surface area contributed by atoms with E-state index in [4.69, 9.17) is 5.73 Å². The van der Waals surface area contributed by atoms with Crippen LogP contribution in [0.3, 0.4) is 0 Å². The van der Waals surface area contributed by atoms with Gasteiger partial charge in [0.2, 0.25) is 0 Å². The van der Waals surface area contributed by atoms with E-state index >= 15 is 0 Å². The monoisotopic (exact) mass is 327 g/mol. The first-order valence-corrected chi connectivity index (χ1v) is 9.80. The van der Waals surface area contributed by atoms with Crippen LogP contribution in [0.4, 0.5) is 0 Å². The van der Waals surface area contributed by atoms with Crippen molar-refractivity contribution in [2.45, 2.75) is 76.2 Å². The van der Waals surface area contributed by atoms with Gasteiger partial charge in [0.05, 0.1) is 6.61 Å². The Labute approximate surface area is 147 Å². The van der Waals surface area contributed by atoms with Gasteiger partial charge in [0, 0.05) is 5.54 Å². The summed E-state index contributed by atoms with van der Waals surface area (Å²) in [6.07, 6.45) is 15.2. The molecule has 0 heterocycles. The van der Waals surface area contributed by atoms with Crippen molar-refractivity contribution < 1.29 is 5.11 Å². The van der Waals surface area contributed by atoms with Crippen LogP contribution in [0.1, 0.15) is 74.5 Å². The van der Waals surface area contributed by atoms with Crippen molar-refractivity contribution in [3.8, 4) is 0 Å². The van der Waals surface area contributed by atoms with Crippen molar-refractivity contribution in [1.82, 2.24) is 0 Å². The van der Waals surface area contributed by atoms with Crippen LogP contribution in [0, 0.1) is 5.92 Å². The molecule has 0 aromatic heterocycles. The van der Waals surface area contributed by atoms with Gasteiger partial charge in [0.25, 0.3) is 0 Å². The predicted molar refractivity (Wildman–Crippen MR) is 101 cm³/mol. The van der Waals surface area contributed by atoms with Crippen LogP contribution in [-0.2, 0) is 12.8 Å². The third-order valence-electron chi connectivity index (χ3n) is 6.08. The fourth-order valence-corrected chi connectivity index (χ4v) is 4.46. The molecular formula is C22H33NO. The number of aliphatic hydroxyl groups is 1. The summed E-state index contributed by atoms with van der Waals surface area (Å²) in [5.41, 5.74) is 10.5. The number of unbranched alkanes of at least 4 members (excludes halogenated alkanes) is 1. The number of allylic oxidation sites excluding steroid dienone is 2. The Morgan fingerprint density at radius 3 is 2.88 bits per heavy atom. The smallest absolute Gasteiger partial charge is 0.0611 e. The normalized spacial score (nSPS) is 30.0. The molecule has 0 radical (unpaired) electrons. The van der Waals surface area contributed by atoms with Crippen LogP contribution in [0.25, 0.3) is 0 Å². The van der Waals surface area contributed by atoms with E-state index in [0.717, 1.165) is 25.2 Å². The van der Waals surface area contributed by atoms with Gasteiger partial charge in [0.1, 0.15) is 0 Å². The molecule has 1 fully saturated rings. The molecule has 2 heteroatoms. The van der Waals surface area contributed by atoms with Gasteiger partial charge in [-0.2, -0.15) is 0 Å². The lowest BCUT2D eigenvalue weighted by molar-refractivity contribution is 0.198. The Morgan fingerprint density at radius 2 is 2.12 bits per heavy atom. The molecule has 2 nitrogen and oxygen atoms in total. The molecule has 0 spiro atoms. The van der Waals surface area contributed by atoms with Crippen molar-refractivity contribution in [3.63, 3.8) is 0 Å². The van der Waals surface area contributed by atoms with E-state index in [2.05, 4.69) is 37.3 Å². The van der Waals surface area contributed by atoms with E-state index < -0.39 is 0 Å². The summed E-state index contributed by atoms with van der Waals surface area (Å²) in [6, 6.07) is 7.12. The molecule has 2 aliphatic carbocycles. The number of rotatable bonds is 6. The first-order valence-electron chi connectivity index (χ1n) is 9.80. The third-order valence-corrected chi connectivity index (χ3v) is 6.08. The summed E-state index contributed by atoms with van der Waals surface area (Å²) in [4.78, 5) is 0. The standard InChI is InChI=1S/C22H33NO/c1-2-3-4-5-6-17-7-8-19-14-20(10-9-18(19)13-17)21-11-12-22(23,15-21)16-24/h4-5,9-10,14,17,21,24H,2-3,6-8,11-13,15-16,23H2,1H3/b5-4-/t17-,21-,22+/m0/s1. The van der Waals surface area contributed by atoms with Gasteiger partial charge in [-0.25, -0.2) is 0 Å². The van der Waals surface area contributed by atoms with Crippen LogP contribution in [-0.4, -0.2) is 17.3 Å². The van der Waals surface area contributed by atoms with E-state index in [-0.39, 0.29) is 12.1 Å². The molecule has 1 aromatic carbocycles. The first kappa shape index (κ1) is 17.7. The largest absolute Gasteiger partial charge is 0.394 e. The van der Waals surface area contributed by atoms with E-state index in [1.165, 1.54) is 44.1 Å². The zero-order valence-corrected chi connectivity index (χ0v) is 15.1. The molecule has 24 heavy (non-hydrogen) atoms. The number of hydrogen-bond acceptors (Lipinski definition) is 2. The number of aliphatic hydroxyl groups excluding tert-OH is 1. The average Bonchev–Trinajstić information content (AvgIpc) is 3.01. The second-order valence-corrected chi connectivity index (χ2v) is 8.09. The van der Waals surface area contributed by atoms with Crippen molar-refractivity contribution in [3.05, 3.63) is 47.0 Å².